The molecule has 0 bridgehead atoms. The van der Waals surface area contributed by atoms with Gasteiger partial charge in [-0.1, -0.05) is 29.2 Å². The molecule has 1 amide bonds. The maximum Gasteiger partial charge on any atom is 0.236 e. The van der Waals surface area contributed by atoms with Crippen LogP contribution in [-0.4, -0.2) is 36.6 Å². The van der Waals surface area contributed by atoms with Crippen LogP contribution < -0.4 is 10.1 Å². The van der Waals surface area contributed by atoms with E-state index in [4.69, 9.17) is 4.74 Å². The largest absolute Gasteiger partial charge is 0.483 e. The second-order valence-corrected chi connectivity index (χ2v) is 8.57. The minimum absolute atomic E-state index is 0.162. The van der Waals surface area contributed by atoms with Crippen molar-refractivity contribution in [3.05, 3.63) is 40.2 Å². The van der Waals surface area contributed by atoms with Crippen LogP contribution in [0.3, 0.4) is 0 Å². The van der Waals surface area contributed by atoms with Gasteiger partial charge in [0.25, 0.3) is 0 Å². The van der Waals surface area contributed by atoms with Gasteiger partial charge in [-0.15, -0.1) is 20.4 Å². The molecule has 1 atom stereocenters. The van der Waals surface area contributed by atoms with E-state index in [0.29, 0.717) is 16.1 Å². The number of ether oxygens (including phenoxy) is 1. The number of carbonyl (C=O) groups is 1. The van der Waals surface area contributed by atoms with Crippen LogP contribution in [-0.2, 0) is 11.8 Å². The van der Waals surface area contributed by atoms with Crippen molar-refractivity contribution in [2.45, 2.75) is 39.0 Å². The third-order valence-electron chi connectivity index (χ3n) is 3.84. The SMILES string of the molecule is Cc1cc(C)cc(OC(C)c2nnc(SCC(=O)Nc3nnc(C)s3)n2C)c1. The first-order valence-electron chi connectivity index (χ1n) is 8.69. The molecule has 148 valence electrons. The summed E-state index contributed by atoms with van der Waals surface area (Å²) in [7, 11) is 1.87. The van der Waals surface area contributed by atoms with Crippen LogP contribution in [0.2, 0.25) is 0 Å². The number of amides is 1. The Hall–Kier alpha value is -2.46. The molecule has 3 rings (SSSR count). The van der Waals surface area contributed by atoms with Crippen molar-refractivity contribution in [3.63, 3.8) is 0 Å². The number of carbonyl (C=O) groups excluding carboxylic acids is 1. The minimum Gasteiger partial charge on any atom is -0.483 e. The molecular weight excluding hydrogens is 396 g/mol. The number of aryl methyl sites for hydroxylation is 3. The molecule has 0 saturated carbocycles. The van der Waals surface area contributed by atoms with E-state index in [9.17, 15) is 4.79 Å². The number of anilines is 1. The molecule has 0 aliphatic carbocycles. The number of rotatable bonds is 7. The fraction of sp³-hybridized carbons (Fsp3) is 0.389. The van der Waals surface area contributed by atoms with Gasteiger partial charge in [0.2, 0.25) is 11.0 Å². The summed E-state index contributed by atoms with van der Waals surface area (Å²) in [5, 5.41) is 20.9. The number of aromatic nitrogens is 5. The Morgan fingerprint density at radius 3 is 2.54 bits per heavy atom. The van der Waals surface area contributed by atoms with Crippen LogP contribution in [0.5, 0.6) is 5.75 Å². The second kappa shape index (κ2) is 8.70. The summed E-state index contributed by atoms with van der Waals surface area (Å²) in [5.41, 5.74) is 2.29. The maximum atomic E-state index is 12.1. The van der Waals surface area contributed by atoms with Crippen LogP contribution >= 0.6 is 23.1 Å². The number of hydrogen-bond donors (Lipinski definition) is 1. The van der Waals surface area contributed by atoms with Crippen molar-refractivity contribution < 1.29 is 9.53 Å². The molecule has 28 heavy (non-hydrogen) atoms. The van der Waals surface area contributed by atoms with Crippen LogP contribution in [0.25, 0.3) is 0 Å². The Labute approximate surface area is 171 Å². The number of benzene rings is 1. The lowest BCUT2D eigenvalue weighted by molar-refractivity contribution is -0.113. The van der Waals surface area contributed by atoms with Crippen molar-refractivity contribution in [1.82, 2.24) is 25.0 Å². The van der Waals surface area contributed by atoms with Crippen molar-refractivity contribution in [1.29, 1.82) is 0 Å². The van der Waals surface area contributed by atoms with Crippen molar-refractivity contribution in [3.8, 4) is 5.75 Å². The molecule has 1 unspecified atom stereocenters. The molecule has 1 aromatic carbocycles. The molecule has 8 nitrogen and oxygen atoms in total. The quantitative estimate of drug-likeness (QED) is 0.587. The van der Waals surface area contributed by atoms with E-state index in [0.717, 1.165) is 21.9 Å². The molecule has 0 saturated heterocycles. The lowest BCUT2D eigenvalue weighted by atomic mass is 10.1. The number of nitrogens with one attached hydrogen (secondary N) is 1. The standard InChI is InChI=1S/C18H22N6O2S2/c1-10-6-11(2)8-14(7-10)26-12(3)16-21-23-18(24(16)5)27-9-15(25)19-17-22-20-13(4)28-17/h6-8,12H,9H2,1-5H3,(H,19,22,25). The van der Waals surface area contributed by atoms with Gasteiger partial charge in [0.05, 0.1) is 5.75 Å². The summed E-state index contributed by atoms with van der Waals surface area (Å²) < 4.78 is 7.88. The molecular formula is C18H22N6O2S2. The average Bonchev–Trinajstić information content (AvgIpc) is 3.17. The Bertz CT molecular complexity index is 964. The van der Waals surface area contributed by atoms with E-state index in [-0.39, 0.29) is 17.8 Å². The van der Waals surface area contributed by atoms with Crippen LogP contribution in [0.15, 0.2) is 23.4 Å². The van der Waals surface area contributed by atoms with Crippen molar-refractivity contribution >= 4 is 34.1 Å². The van der Waals surface area contributed by atoms with Crippen LogP contribution in [0, 0.1) is 20.8 Å². The van der Waals surface area contributed by atoms with Gasteiger partial charge in [0.1, 0.15) is 10.8 Å². The zero-order valence-electron chi connectivity index (χ0n) is 16.4. The van der Waals surface area contributed by atoms with Crippen molar-refractivity contribution in [2.24, 2.45) is 7.05 Å². The van der Waals surface area contributed by atoms with E-state index < -0.39 is 0 Å². The molecule has 2 aromatic heterocycles. The Balaban J connectivity index is 1.60. The fourth-order valence-corrected chi connectivity index (χ4v) is 4.02. The molecule has 0 fully saturated rings. The summed E-state index contributed by atoms with van der Waals surface area (Å²) in [6.45, 7) is 7.84. The first-order chi connectivity index (χ1) is 13.3. The topological polar surface area (TPSA) is 94.8 Å². The fourth-order valence-electron chi connectivity index (χ4n) is 2.70. The van der Waals surface area contributed by atoms with Crippen LogP contribution in [0.4, 0.5) is 5.13 Å². The van der Waals surface area contributed by atoms with E-state index >= 15 is 0 Å². The highest BCUT2D eigenvalue weighted by atomic mass is 32.2. The molecule has 0 aliphatic rings. The molecule has 2 heterocycles. The predicted octanol–water partition coefficient (Wildman–Crippen LogP) is 3.46. The maximum absolute atomic E-state index is 12.1. The van der Waals surface area contributed by atoms with E-state index in [1.165, 1.54) is 23.1 Å². The molecule has 1 N–H and O–H groups in total. The number of hydrogen-bond acceptors (Lipinski definition) is 8. The van der Waals surface area contributed by atoms with Gasteiger partial charge < -0.3 is 9.30 Å². The van der Waals surface area contributed by atoms with Gasteiger partial charge in [0, 0.05) is 7.05 Å². The normalized spacial score (nSPS) is 12.0. The van der Waals surface area contributed by atoms with E-state index in [1.54, 1.807) is 0 Å². The number of nitrogens with zero attached hydrogens (tertiary/aromatic N) is 5. The highest BCUT2D eigenvalue weighted by Crippen LogP contribution is 2.25. The zero-order chi connectivity index (χ0) is 20.3. The smallest absolute Gasteiger partial charge is 0.236 e. The number of thioether (sulfide) groups is 1. The van der Waals surface area contributed by atoms with Crippen LogP contribution in [0.1, 0.15) is 35.0 Å². The summed E-state index contributed by atoms with van der Waals surface area (Å²) in [4.78, 5) is 12.1. The summed E-state index contributed by atoms with van der Waals surface area (Å²) >= 11 is 2.65. The third-order valence-corrected chi connectivity index (χ3v) is 5.62. The zero-order valence-corrected chi connectivity index (χ0v) is 18.0. The molecule has 0 spiro atoms. The van der Waals surface area contributed by atoms with Gasteiger partial charge in [-0.2, -0.15) is 0 Å². The molecule has 0 radical (unpaired) electrons. The predicted molar refractivity (Wildman–Crippen MR) is 110 cm³/mol. The summed E-state index contributed by atoms with van der Waals surface area (Å²) in [6.07, 6.45) is -0.272. The van der Waals surface area contributed by atoms with Gasteiger partial charge in [0.15, 0.2) is 17.1 Å². The molecule has 3 aromatic rings. The lowest BCUT2D eigenvalue weighted by Gasteiger charge is -2.15. The van der Waals surface area contributed by atoms with Gasteiger partial charge >= 0.3 is 0 Å². The highest BCUT2D eigenvalue weighted by molar-refractivity contribution is 7.99. The second-order valence-electron chi connectivity index (χ2n) is 6.45. The average molecular weight is 419 g/mol. The first-order valence-corrected chi connectivity index (χ1v) is 10.5. The van der Waals surface area contributed by atoms with Gasteiger partial charge in [-0.25, -0.2) is 0 Å². The van der Waals surface area contributed by atoms with Gasteiger partial charge in [-0.05, 0) is 51.0 Å². The summed E-state index contributed by atoms with van der Waals surface area (Å²) in [5.74, 6) is 1.54. The van der Waals surface area contributed by atoms with Crippen molar-refractivity contribution in [2.75, 3.05) is 11.1 Å². The Morgan fingerprint density at radius 2 is 1.89 bits per heavy atom. The molecule has 10 heteroatoms. The van der Waals surface area contributed by atoms with E-state index in [1.807, 2.05) is 51.4 Å². The van der Waals surface area contributed by atoms with E-state index in [2.05, 4.69) is 31.8 Å². The highest BCUT2D eigenvalue weighted by Gasteiger charge is 2.18. The Kier molecular flexibility index (Phi) is 6.30. The monoisotopic (exact) mass is 418 g/mol. The lowest BCUT2D eigenvalue weighted by Crippen LogP contribution is -2.14. The minimum atomic E-state index is -0.272. The third kappa shape index (κ3) is 5.08. The summed E-state index contributed by atoms with van der Waals surface area (Å²) in [6, 6.07) is 6.09. The first kappa shape index (κ1) is 20.3. The van der Waals surface area contributed by atoms with Gasteiger partial charge in [-0.3, -0.25) is 10.1 Å². The Morgan fingerprint density at radius 1 is 1.18 bits per heavy atom. The molecule has 0 aliphatic heterocycles.